The molecule has 0 saturated heterocycles. The summed E-state index contributed by atoms with van der Waals surface area (Å²) in [5.74, 6) is -0.904. The average Bonchev–Trinajstić information content (AvgIpc) is 3.09. The van der Waals surface area contributed by atoms with E-state index in [4.69, 9.17) is 0 Å². The third kappa shape index (κ3) is 4.51. The molecular weight excluding hydrogens is 375 g/mol. The second-order valence-corrected chi connectivity index (χ2v) is 6.91. The number of nitrogens with zero attached hydrogens (tertiary/aromatic N) is 3. The second-order valence-electron chi connectivity index (χ2n) is 6.05. The number of halogens is 3. The minimum absolute atomic E-state index is 0.0371. The number of hydrogen-bond acceptors (Lipinski definition) is 4. The van der Waals surface area contributed by atoms with Crippen LogP contribution in [0.25, 0.3) is 10.6 Å². The third-order valence-corrected chi connectivity index (χ3v) is 4.72. The molecule has 0 N–H and O–H groups in total. The lowest BCUT2D eigenvalue weighted by atomic mass is 10.1. The van der Waals surface area contributed by atoms with E-state index in [0.29, 0.717) is 9.91 Å². The molecule has 0 aliphatic heterocycles. The van der Waals surface area contributed by atoms with Crippen molar-refractivity contribution in [1.29, 1.82) is 0 Å². The van der Waals surface area contributed by atoms with Gasteiger partial charge in [-0.3, -0.25) is 9.69 Å². The Kier molecular flexibility index (Phi) is 5.27. The molecule has 2 heterocycles. The Hall–Kier alpha value is -2.74. The maximum Gasteiger partial charge on any atom is 0.406 e. The summed E-state index contributed by atoms with van der Waals surface area (Å²) in [6.07, 6.45) is -3.21. The first-order valence-electron chi connectivity index (χ1n) is 8.07. The van der Waals surface area contributed by atoms with Gasteiger partial charge in [-0.25, -0.2) is 9.97 Å². The molecular formula is C19H16F3N3OS. The lowest BCUT2D eigenvalue weighted by Crippen LogP contribution is -2.39. The van der Waals surface area contributed by atoms with Crippen LogP contribution in [-0.4, -0.2) is 28.6 Å². The fourth-order valence-corrected chi connectivity index (χ4v) is 3.52. The zero-order chi connectivity index (χ0) is 19.6. The number of anilines is 1. The zero-order valence-corrected chi connectivity index (χ0v) is 15.4. The minimum atomic E-state index is -4.56. The van der Waals surface area contributed by atoms with Gasteiger partial charge in [-0.05, 0) is 31.5 Å². The maximum atomic E-state index is 13.0. The molecule has 1 amide bonds. The van der Waals surface area contributed by atoms with Crippen LogP contribution in [0, 0.1) is 13.8 Å². The summed E-state index contributed by atoms with van der Waals surface area (Å²) in [7, 11) is 0. The van der Waals surface area contributed by atoms with Gasteiger partial charge in [0.2, 0.25) is 0 Å². The smallest absolute Gasteiger partial charge is 0.282 e. The van der Waals surface area contributed by atoms with Crippen LogP contribution < -0.4 is 4.90 Å². The summed E-state index contributed by atoms with van der Waals surface area (Å²) in [5, 5.41) is 2.06. The van der Waals surface area contributed by atoms with Crippen LogP contribution in [0.15, 0.2) is 48.0 Å². The van der Waals surface area contributed by atoms with Gasteiger partial charge < -0.3 is 0 Å². The number of pyridine rings is 1. The van der Waals surface area contributed by atoms with E-state index in [1.165, 1.54) is 35.0 Å². The number of carbonyl (C=O) groups is 1. The van der Waals surface area contributed by atoms with Gasteiger partial charge in [-0.15, -0.1) is 11.3 Å². The van der Waals surface area contributed by atoms with E-state index < -0.39 is 18.6 Å². The average molecular weight is 391 g/mol. The molecule has 0 radical (unpaired) electrons. The number of aromatic nitrogens is 2. The number of aryl methyl sites for hydroxylation is 2. The van der Waals surface area contributed by atoms with Crippen molar-refractivity contribution in [3.8, 4) is 10.6 Å². The molecule has 140 valence electrons. The van der Waals surface area contributed by atoms with E-state index in [1.807, 2.05) is 32.0 Å². The van der Waals surface area contributed by atoms with Crippen LogP contribution in [0.3, 0.4) is 0 Å². The Morgan fingerprint density at radius 3 is 2.59 bits per heavy atom. The van der Waals surface area contributed by atoms with Gasteiger partial charge in [0, 0.05) is 17.1 Å². The van der Waals surface area contributed by atoms with Crippen molar-refractivity contribution in [2.75, 3.05) is 11.4 Å². The Morgan fingerprint density at radius 2 is 1.96 bits per heavy atom. The highest BCUT2D eigenvalue weighted by molar-refractivity contribution is 7.13. The van der Waals surface area contributed by atoms with Crippen molar-refractivity contribution < 1.29 is 18.0 Å². The van der Waals surface area contributed by atoms with Gasteiger partial charge in [0.1, 0.15) is 23.1 Å². The quantitative estimate of drug-likeness (QED) is 0.627. The van der Waals surface area contributed by atoms with Crippen molar-refractivity contribution >= 4 is 23.1 Å². The highest BCUT2D eigenvalue weighted by atomic mass is 32.1. The number of thiazole rings is 1. The molecule has 1 aromatic carbocycles. The standard InChI is InChI=1S/C19H16F3N3OS/c1-12-6-7-14(13(2)9-12)17-24-15(10-27-17)18(26)25(11-19(20,21)22)16-5-3-4-8-23-16/h3-10H,11H2,1-2H3. The largest absolute Gasteiger partial charge is 0.406 e. The normalized spacial score (nSPS) is 11.4. The predicted molar refractivity (Wildman–Crippen MR) is 99.0 cm³/mol. The Labute approximate surface area is 158 Å². The van der Waals surface area contributed by atoms with Crippen molar-refractivity contribution in [2.24, 2.45) is 0 Å². The molecule has 27 heavy (non-hydrogen) atoms. The summed E-state index contributed by atoms with van der Waals surface area (Å²) >= 11 is 1.22. The molecule has 8 heteroatoms. The molecule has 3 rings (SSSR count). The molecule has 0 spiro atoms. The van der Waals surface area contributed by atoms with E-state index in [2.05, 4.69) is 9.97 Å². The SMILES string of the molecule is Cc1ccc(-c2nc(C(=O)N(CC(F)(F)F)c3ccccn3)cs2)c(C)c1. The molecule has 0 aliphatic rings. The first-order valence-corrected chi connectivity index (χ1v) is 8.95. The van der Waals surface area contributed by atoms with E-state index in [9.17, 15) is 18.0 Å². The summed E-state index contributed by atoms with van der Waals surface area (Å²) in [6.45, 7) is 2.46. The van der Waals surface area contributed by atoms with Gasteiger partial charge in [-0.1, -0.05) is 29.8 Å². The maximum absolute atomic E-state index is 13.0. The Balaban J connectivity index is 1.94. The van der Waals surface area contributed by atoms with E-state index >= 15 is 0 Å². The number of rotatable bonds is 4. The molecule has 2 aromatic heterocycles. The van der Waals surface area contributed by atoms with Crippen LogP contribution in [0.2, 0.25) is 0 Å². The van der Waals surface area contributed by atoms with E-state index in [1.54, 1.807) is 6.07 Å². The molecule has 0 atom stereocenters. The molecule has 4 nitrogen and oxygen atoms in total. The van der Waals surface area contributed by atoms with Gasteiger partial charge in [0.05, 0.1) is 0 Å². The van der Waals surface area contributed by atoms with Gasteiger partial charge in [0.25, 0.3) is 5.91 Å². The zero-order valence-electron chi connectivity index (χ0n) is 14.6. The number of carbonyl (C=O) groups excluding carboxylic acids is 1. The summed E-state index contributed by atoms with van der Waals surface area (Å²) in [4.78, 5) is 21.5. The minimum Gasteiger partial charge on any atom is -0.282 e. The topological polar surface area (TPSA) is 46.1 Å². The number of hydrogen-bond donors (Lipinski definition) is 0. The van der Waals surface area contributed by atoms with Crippen molar-refractivity contribution in [1.82, 2.24) is 9.97 Å². The number of benzene rings is 1. The van der Waals surface area contributed by atoms with Crippen molar-refractivity contribution in [2.45, 2.75) is 20.0 Å². The molecule has 0 bridgehead atoms. The third-order valence-electron chi connectivity index (χ3n) is 3.84. The predicted octanol–water partition coefficient (Wildman–Crippen LogP) is 5.03. The van der Waals surface area contributed by atoms with Crippen LogP contribution in [0.5, 0.6) is 0 Å². The summed E-state index contributed by atoms with van der Waals surface area (Å²) < 4.78 is 39.0. The van der Waals surface area contributed by atoms with Gasteiger partial charge in [-0.2, -0.15) is 13.2 Å². The van der Waals surface area contributed by atoms with E-state index in [-0.39, 0.29) is 11.5 Å². The first kappa shape index (κ1) is 19.0. The molecule has 3 aromatic rings. The van der Waals surface area contributed by atoms with Gasteiger partial charge >= 0.3 is 6.18 Å². The Morgan fingerprint density at radius 1 is 1.19 bits per heavy atom. The Bertz CT molecular complexity index is 954. The molecule has 0 fully saturated rings. The van der Waals surface area contributed by atoms with Crippen molar-refractivity contribution in [3.63, 3.8) is 0 Å². The lowest BCUT2D eigenvalue weighted by molar-refractivity contribution is -0.118. The molecule has 0 aliphatic carbocycles. The van der Waals surface area contributed by atoms with Gasteiger partial charge in [0.15, 0.2) is 0 Å². The lowest BCUT2D eigenvalue weighted by Gasteiger charge is -2.22. The molecule has 0 saturated carbocycles. The molecule has 0 unspecified atom stereocenters. The fraction of sp³-hybridized carbons (Fsp3) is 0.211. The fourth-order valence-electron chi connectivity index (χ4n) is 2.64. The number of alkyl halides is 3. The highest BCUT2D eigenvalue weighted by Crippen LogP contribution is 2.29. The monoisotopic (exact) mass is 391 g/mol. The van der Waals surface area contributed by atoms with E-state index in [0.717, 1.165) is 16.7 Å². The van der Waals surface area contributed by atoms with Crippen LogP contribution in [0.4, 0.5) is 19.0 Å². The summed E-state index contributed by atoms with van der Waals surface area (Å²) in [5.41, 5.74) is 2.89. The highest BCUT2D eigenvalue weighted by Gasteiger charge is 2.35. The summed E-state index contributed by atoms with van der Waals surface area (Å²) in [6, 6.07) is 10.3. The second kappa shape index (κ2) is 7.48. The first-order chi connectivity index (χ1) is 12.7. The van der Waals surface area contributed by atoms with Crippen molar-refractivity contribution in [3.05, 3.63) is 64.8 Å². The van der Waals surface area contributed by atoms with Crippen LogP contribution in [-0.2, 0) is 0 Å². The van der Waals surface area contributed by atoms with Crippen LogP contribution >= 0.6 is 11.3 Å². The number of amides is 1. The van der Waals surface area contributed by atoms with Crippen LogP contribution in [0.1, 0.15) is 21.6 Å².